The molecule has 6 heteroatoms. The number of nitrogens with zero attached hydrogens (tertiary/aromatic N) is 4. The Balaban J connectivity index is 1.61. The summed E-state index contributed by atoms with van der Waals surface area (Å²) < 4.78 is 15.3. The van der Waals surface area contributed by atoms with E-state index in [1.165, 1.54) is 12.1 Å². The van der Waals surface area contributed by atoms with Crippen molar-refractivity contribution in [2.24, 2.45) is 7.05 Å². The number of carbonyl (C=O) groups excluding carboxylic acids is 1. The number of likely N-dealkylation sites (tertiary alicyclic amines) is 1. The van der Waals surface area contributed by atoms with Crippen molar-refractivity contribution in [1.82, 2.24) is 19.4 Å². The van der Waals surface area contributed by atoms with Gasteiger partial charge in [-0.15, -0.1) is 0 Å². The normalized spacial score (nSPS) is 17.8. The molecule has 1 aromatic carbocycles. The Morgan fingerprint density at radius 3 is 2.96 bits per heavy atom. The van der Waals surface area contributed by atoms with Crippen LogP contribution in [0.1, 0.15) is 34.9 Å². The molecule has 1 unspecified atom stereocenters. The zero-order valence-corrected chi connectivity index (χ0v) is 14.0. The van der Waals surface area contributed by atoms with Crippen LogP contribution in [-0.2, 0) is 7.05 Å². The quantitative estimate of drug-likeness (QED) is 0.721. The standard InChI is InChI=1S/C19H19FN4O/c1-23-17-5-4-15(20)9-14(17)10-18(23)19(25)24-8-2-3-13(12-24)16-11-21-6-7-22-16/h4-7,9-11,13H,2-3,8,12H2,1H3. The van der Waals surface area contributed by atoms with Crippen LogP contribution in [0.2, 0.25) is 0 Å². The average molecular weight is 338 g/mol. The van der Waals surface area contributed by atoms with E-state index < -0.39 is 0 Å². The summed E-state index contributed by atoms with van der Waals surface area (Å²) in [4.78, 5) is 23.4. The summed E-state index contributed by atoms with van der Waals surface area (Å²) in [6.07, 6.45) is 7.06. The fourth-order valence-electron chi connectivity index (χ4n) is 3.61. The van der Waals surface area contributed by atoms with Crippen LogP contribution >= 0.6 is 0 Å². The third-order valence-corrected chi connectivity index (χ3v) is 4.93. The Kier molecular flexibility index (Phi) is 3.95. The van der Waals surface area contributed by atoms with Gasteiger partial charge >= 0.3 is 0 Å². The van der Waals surface area contributed by atoms with Crippen molar-refractivity contribution in [1.29, 1.82) is 0 Å². The van der Waals surface area contributed by atoms with E-state index >= 15 is 0 Å². The molecule has 1 amide bonds. The SMILES string of the molecule is Cn1c(C(=O)N2CCCC(c3cnccn3)C2)cc2cc(F)ccc21. The number of aryl methyl sites for hydroxylation is 1. The molecule has 0 bridgehead atoms. The van der Waals surface area contributed by atoms with Crippen molar-refractivity contribution < 1.29 is 9.18 Å². The van der Waals surface area contributed by atoms with Gasteiger partial charge in [0.2, 0.25) is 0 Å². The van der Waals surface area contributed by atoms with E-state index in [0.29, 0.717) is 12.2 Å². The molecule has 4 rings (SSSR count). The van der Waals surface area contributed by atoms with Crippen molar-refractivity contribution in [3.05, 3.63) is 60.1 Å². The minimum Gasteiger partial charge on any atom is -0.340 e. The number of hydrogen-bond donors (Lipinski definition) is 0. The summed E-state index contributed by atoms with van der Waals surface area (Å²) in [6.45, 7) is 1.36. The van der Waals surface area contributed by atoms with Crippen LogP contribution in [0.4, 0.5) is 4.39 Å². The second-order valence-electron chi connectivity index (χ2n) is 6.51. The van der Waals surface area contributed by atoms with Gasteiger partial charge in [0.1, 0.15) is 11.5 Å². The molecule has 0 saturated carbocycles. The Bertz CT molecular complexity index is 922. The third kappa shape index (κ3) is 2.88. The largest absolute Gasteiger partial charge is 0.340 e. The molecule has 1 aliphatic heterocycles. The van der Waals surface area contributed by atoms with Gasteiger partial charge in [-0.05, 0) is 37.1 Å². The predicted molar refractivity (Wildman–Crippen MR) is 92.8 cm³/mol. The van der Waals surface area contributed by atoms with Crippen LogP contribution in [0, 0.1) is 5.82 Å². The summed E-state index contributed by atoms with van der Waals surface area (Å²) in [5.41, 5.74) is 2.37. The highest BCUT2D eigenvalue weighted by molar-refractivity contribution is 5.98. The highest BCUT2D eigenvalue weighted by Crippen LogP contribution is 2.27. The smallest absolute Gasteiger partial charge is 0.270 e. The number of rotatable bonds is 2. The van der Waals surface area contributed by atoms with Gasteiger partial charge < -0.3 is 9.47 Å². The second kappa shape index (κ2) is 6.27. The summed E-state index contributed by atoms with van der Waals surface area (Å²) in [7, 11) is 1.84. The van der Waals surface area contributed by atoms with Crippen molar-refractivity contribution >= 4 is 16.8 Å². The molecule has 0 aliphatic carbocycles. The molecule has 0 N–H and O–H groups in total. The number of hydrogen-bond acceptors (Lipinski definition) is 3. The van der Waals surface area contributed by atoms with Gasteiger partial charge in [-0.3, -0.25) is 14.8 Å². The van der Waals surface area contributed by atoms with E-state index in [1.54, 1.807) is 30.7 Å². The highest BCUT2D eigenvalue weighted by atomic mass is 19.1. The summed E-state index contributed by atoms with van der Waals surface area (Å²) >= 11 is 0. The van der Waals surface area contributed by atoms with Crippen molar-refractivity contribution in [2.75, 3.05) is 13.1 Å². The lowest BCUT2D eigenvalue weighted by molar-refractivity contribution is 0.0696. The molecule has 3 aromatic rings. The number of halogens is 1. The van der Waals surface area contributed by atoms with Gasteiger partial charge in [-0.1, -0.05) is 0 Å². The summed E-state index contributed by atoms with van der Waals surface area (Å²) in [5, 5.41) is 0.744. The fraction of sp³-hybridized carbons (Fsp3) is 0.316. The van der Waals surface area contributed by atoms with Crippen LogP contribution in [0.25, 0.3) is 10.9 Å². The lowest BCUT2D eigenvalue weighted by Gasteiger charge is -2.32. The first kappa shape index (κ1) is 15.7. The molecule has 1 atom stereocenters. The molecule has 1 saturated heterocycles. The first-order valence-corrected chi connectivity index (χ1v) is 8.43. The molecular formula is C19H19FN4O. The number of benzene rings is 1. The Hall–Kier alpha value is -2.76. The third-order valence-electron chi connectivity index (χ3n) is 4.93. The van der Waals surface area contributed by atoms with Crippen molar-refractivity contribution in [2.45, 2.75) is 18.8 Å². The van der Waals surface area contributed by atoms with Gasteiger partial charge in [0.05, 0.1) is 5.69 Å². The Morgan fingerprint density at radius 1 is 1.28 bits per heavy atom. The molecule has 2 aromatic heterocycles. The molecular weight excluding hydrogens is 319 g/mol. The molecule has 0 spiro atoms. The lowest BCUT2D eigenvalue weighted by atomic mass is 9.95. The van der Waals surface area contributed by atoms with Crippen LogP contribution in [0.3, 0.4) is 0 Å². The van der Waals surface area contributed by atoms with Crippen LogP contribution in [0.5, 0.6) is 0 Å². The van der Waals surface area contributed by atoms with E-state index in [-0.39, 0.29) is 17.6 Å². The van der Waals surface area contributed by atoms with Gasteiger partial charge in [0.15, 0.2) is 0 Å². The minimum atomic E-state index is -0.294. The molecule has 25 heavy (non-hydrogen) atoms. The summed E-state index contributed by atoms with van der Waals surface area (Å²) in [6, 6.07) is 6.36. The van der Waals surface area contributed by atoms with Gasteiger partial charge in [-0.2, -0.15) is 0 Å². The lowest BCUT2D eigenvalue weighted by Crippen LogP contribution is -2.40. The predicted octanol–water partition coefficient (Wildman–Crippen LogP) is 3.13. The first-order valence-electron chi connectivity index (χ1n) is 8.43. The maximum Gasteiger partial charge on any atom is 0.270 e. The van der Waals surface area contributed by atoms with E-state index in [4.69, 9.17) is 0 Å². The molecule has 128 valence electrons. The van der Waals surface area contributed by atoms with Crippen LogP contribution < -0.4 is 0 Å². The van der Waals surface area contributed by atoms with Crippen LogP contribution in [-0.4, -0.2) is 38.4 Å². The number of carbonyl (C=O) groups is 1. The van der Waals surface area contributed by atoms with Crippen molar-refractivity contribution in [3.63, 3.8) is 0 Å². The molecule has 1 aliphatic rings. The number of fused-ring (bicyclic) bond motifs is 1. The first-order chi connectivity index (χ1) is 12.1. The van der Waals surface area contributed by atoms with E-state index in [0.717, 1.165) is 36.0 Å². The number of piperidine rings is 1. The zero-order valence-electron chi connectivity index (χ0n) is 14.0. The number of amides is 1. The molecule has 5 nitrogen and oxygen atoms in total. The Labute approximate surface area is 145 Å². The Morgan fingerprint density at radius 2 is 2.16 bits per heavy atom. The van der Waals surface area contributed by atoms with Gasteiger partial charge in [0.25, 0.3) is 5.91 Å². The number of aromatic nitrogens is 3. The minimum absolute atomic E-state index is 0.0206. The maximum atomic E-state index is 13.5. The second-order valence-corrected chi connectivity index (χ2v) is 6.51. The van der Waals surface area contributed by atoms with E-state index in [1.807, 2.05) is 16.5 Å². The summed E-state index contributed by atoms with van der Waals surface area (Å²) in [5.74, 6) is -0.107. The van der Waals surface area contributed by atoms with Crippen LogP contribution in [0.15, 0.2) is 42.9 Å². The molecule has 3 heterocycles. The average Bonchev–Trinajstić information content (AvgIpc) is 2.98. The zero-order chi connectivity index (χ0) is 17.4. The molecule has 0 radical (unpaired) electrons. The highest BCUT2D eigenvalue weighted by Gasteiger charge is 2.28. The molecule has 1 fully saturated rings. The van der Waals surface area contributed by atoms with E-state index in [9.17, 15) is 9.18 Å². The van der Waals surface area contributed by atoms with Crippen molar-refractivity contribution in [3.8, 4) is 0 Å². The topological polar surface area (TPSA) is 51.0 Å². The monoisotopic (exact) mass is 338 g/mol. The van der Waals surface area contributed by atoms with Gasteiger partial charge in [0, 0.05) is 55.5 Å². The fourth-order valence-corrected chi connectivity index (χ4v) is 3.61. The van der Waals surface area contributed by atoms with Gasteiger partial charge in [-0.25, -0.2) is 4.39 Å². The maximum absolute atomic E-state index is 13.5. The van der Waals surface area contributed by atoms with E-state index in [2.05, 4.69) is 9.97 Å².